The summed E-state index contributed by atoms with van der Waals surface area (Å²) < 4.78 is 0. The highest BCUT2D eigenvalue weighted by atomic mass is 32.2. The molecular formula is C13H18N2O2S. The third-order valence-corrected chi connectivity index (χ3v) is 4.52. The third kappa shape index (κ3) is 2.96. The SMILES string of the molecule is CSC1CCC(Nc2ccc(C)cc2[N+](=O)[O-])C1. The number of aryl methyl sites for hydroxylation is 1. The highest BCUT2D eigenvalue weighted by Crippen LogP contribution is 2.33. The second kappa shape index (κ2) is 5.61. The molecule has 0 spiro atoms. The minimum absolute atomic E-state index is 0.183. The van der Waals surface area contributed by atoms with Crippen LogP contribution < -0.4 is 5.32 Å². The first kappa shape index (κ1) is 13.2. The molecule has 4 nitrogen and oxygen atoms in total. The molecule has 2 atom stereocenters. The summed E-state index contributed by atoms with van der Waals surface area (Å²) in [4.78, 5) is 10.7. The Morgan fingerprint density at radius 2 is 2.22 bits per heavy atom. The van der Waals surface area contributed by atoms with E-state index >= 15 is 0 Å². The Hall–Kier alpha value is -1.23. The molecule has 1 fully saturated rings. The van der Waals surface area contributed by atoms with Crippen molar-refractivity contribution in [3.63, 3.8) is 0 Å². The second-order valence-electron chi connectivity index (χ2n) is 4.79. The van der Waals surface area contributed by atoms with Gasteiger partial charge in [0.05, 0.1) is 4.92 Å². The van der Waals surface area contributed by atoms with E-state index < -0.39 is 0 Å². The lowest BCUT2D eigenvalue weighted by Crippen LogP contribution is -2.16. The molecule has 1 saturated carbocycles. The lowest BCUT2D eigenvalue weighted by molar-refractivity contribution is -0.384. The first-order valence-electron chi connectivity index (χ1n) is 6.14. The number of hydrogen-bond donors (Lipinski definition) is 1. The van der Waals surface area contributed by atoms with Gasteiger partial charge in [0.25, 0.3) is 5.69 Å². The van der Waals surface area contributed by atoms with Gasteiger partial charge in [-0.15, -0.1) is 0 Å². The van der Waals surface area contributed by atoms with Gasteiger partial charge in [0.2, 0.25) is 0 Å². The Balaban J connectivity index is 2.12. The Kier molecular flexibility index (Phi) is 4.11. The molecule has 0 aromatic heterocycles. The molecule has 2 rings (SSSR count). The van der Waals surface area contributed by atoms with Gasteiger partial charge < -0.3 is 5.32 Å². The molecule has 2 unspecified atom stereocenters. The molecule has 5 heteroatoms. The van der Waals surface area contributed by atoms with Gasteiger partial charge >= 0.3 is 0 Å². The maximum Gasteiger partial charge on any atom is 0.292 e. The molecule has 0 heterocycles. The summed E-state index contributed by atoms with van der Waals surface area (Å²) in [6.45, 7) is 1.87. The van der Waals surface area contributed by atoms with Crippen LogP contribution in [0.5, 0.6) is 0 Å². The molecule has 1 aromatic carbocycles. The molecule has 1 N–H and O–H groups in total. The summed E-state index contributed by atoms with van der Waals surface area (Å²) in [5, 5.41) is 15.0. The van der Waals surface area contributed by atoms with E-state index in [1.807, 2.05) is 30.8 Å². The molecule has 0 saturated heterocycles. The highest BCUT2D eigenvalue weighted by molar-refractivity contribution is 7.99. The zero-order valence-corrected chi connectivity index (χ0v) is 11.5. The second-order valence-corrected chi connectivity index (χ2v) is 5.93. The third-order valence-electron chi connectivity index (χ3n) is 3.43. The number of nitro groups is 1. The minimum Gasteiger partial charge on any atom is -0.377 e. The van der Waals surface area contributed by atoms with E-state index in [2.05, 4.69) is 11.6 Å². The van der Waals surface area contributed by atoms with Gasteiger partial charge in [-0.05, 0) is 44.1 Å². The highest BCUT2D eigenvalue weighted by Gasteiger charge is 2.25. The predicted octanol–water partition coefficient (Wildman–Crippen LogP) is 3.60. The number of nitro benzene ring substituents is 1. The lowest BCUT2D eigenvalue weighted by atomic mass is 10.1. The first-order chi connectivity index (χ1) is 8.60. The van der Waals surface area contributed by atoms with Crippen molar-refractivity contribution >= 4 is 23.1 Å². The predicted molar refractivity (Wildman–Crippen MR) is 76.4 cm³/mol. The summed E-state index contributed by atoms with van der Waals surface area (Å²) in [6, 6.07) is 5.73. The van der Waals surface area contributed by atoms with Crippen molar-refractivity contribution in [1.29, 1.82) is 0 Å². The van der Waals surface area contributed by atoms with Crippen molar-refractivity contribution in [3.05, 3.63) is 33.9 Å². The normalized spacial score (nSPS) is 23.0. The van der Waals surface area contributed by atoms with Crippen LogP contribution in [-0.2, 0) is 0 Å². The van der Waals surface area contributed by atoms with Crippen LogP contribution >= 0.6 is 11.8 Å². The van der Waals surface area contributed by atoms with Gasteiger partial charge in [0.1, 0.15) is 5.69 Å². The number of nitrogens with one attached hydrogen (secondary N) is 1. The molecule has 18 heavy (non-hydrogen) atoms. The van der Waals surface area contributed by atoms with Gasteiger partial charge in [-0.2, -0.15) is 11.8 Å². The van der Waals surface area contributed by atoms with Crippen LogP contribution in [0.3, 0.4) is 0 Å². The van der Waals surface area contributed by atoms with Crippen LogP contribution in [0.15, 0.2) is 18.2 Å². The van der Waals surface area contributed by atoms with Gasteiger partial charge in [0, 0.05) is 17.4 Å². The van der Waals surface area contributed by atoms with Crippen molar-refractivity contribution < 1.29 is 4.92 Å². The molecule has 0 amide bonds. The van der Waals surface area contributed by atoms with E-state index in [0.717, 1.165) is 18.4 Å². The van der Waals surface area contributed by atoms with E-state index in [1.165, 1.54) is 6.42 Å². The molecule has 98 valence electrons. The number of rotatable bonds is 4. The quantitative estimate of drug-likeness (QED) is 0.668. The van der Waals surface area contributed by atoms with Crippen molar-refractivity contribution in [3.8, 4) is 0 Å². The van der Waals surface area contributed by atoms with Crippen molar-refractivity contribution in [2.75, 3.05) is 11.6 Å². The number of benzene rings is 1. The van der Waals surface area contributed by atoms with Gasteiger partial charge in [-0.1, -0.05) is 6.07 Å². The smallest absolute Gasteiger partial charge is 0.292 e. The van der Waals surface area contributed by atoms with Crippen LogP contribution in [0.1, 0.15) is 24.8 Å². The molecule has 0 radical (unpaired) electrons. The Labute approximate surface area is 111 Å². The molecule has 0 aliphatic heterocycles. The molecule has 1 aliphatic rings. The van der Waals surface area contributed by atoms with Crippen LogP contribution in [0.2, 0.25) is 0 Å². The van der Waals surface area contributed by atoms with E-state index in [-0.39, 0.29) is 10.6 Å². The van der Waals surface area contributed by atoms with Gasteiger partial charge in [-0.3, -0.25) is 10.1 Å². The molecule has 1 aromatic rings. The Morgan fingerprint density at radius 1 is 1.44 bits per heavy atom. The minimum atomic E-state index is -0.309. The van der Waals surface area contributed by atoms with Gasteiger partial charge in [-0.25, -0.2) is 0 Å². The van der Waals surface area contributed by atoms with Crippen molar-refractivity contribution in [1.82, 2.24) is 0 Å². The standard InChI is InChI=1S/C13H18N2O2S/c1-9-3-6-12(13(7-9)15(16)17)14-10-4-5-11(8-10)18-2/h3,6-7,10-11,14H,4-5,8H2,1-2H3. The van der Waals surface area contributed by atoms with Crippen LogP contribution in [0, 0.1) is 17.0 Å². The van der Waals surface area contributed by atoms with E-state index in [1.54, 1.807) is 6.07 Å². The number of thioether (sulfide) groups is 1. The topological polar surface area (TPSA) is 55.2 Å². The van der Waals surface area contributed by atoms with Gasteiger partial charge in [0.15, 0.2) is 0 Å². The zero-order chi connectivity index (χ0) is 13.1. The van der Waals surface area contributed by atoms with E-state index in [9.17, 15) is 10.1 Å². The van der Waals surface area contributed by atoms with E-state index in [4.69, 9.17) is 0 Å². The fraction of sp³-hybridized carbons (Fsp3) is 0.538. The molecule has 0 bridgehead atoms. The maximum absolute atomic E-state index is 11.0. The lowest BCUT2D eigenvalue weighted by Gasteiger charge is -2.14. The fourth-order valence-corrected chi connectivity index (χ4v) is 3.22. The van der Waals surface area contributed by atoms with Crippen LogP contribution in [0.25, 0.3) is 0 Å². The fourth-order valence-electron chi connectivity index (χ4n) is 2.42. The number of nitrogens with zero attached hydrogens (tertiary/aromatic N) is 1. The summed E-state index contributed by atoms with van der Waals surface area (Å²) >= 11 is 1.89. The zero-order valence-electron chi connectivity index (χ0n) is 10.7. The van der Waals surface area contributed by atoms with E-state index in [0.29, 0.717) is 17.0 Å². The largest absolute Gasteiger partial charge is 0.377 e. The van der Waals surface area contributed by atoms with Crippen molar-refractivity contribution in [2.24, 2.45) is 0 Å². The molecule has 1 aliphatic carbocycles. The maximum atomic E-state index is 11.0. The number of anilines is 1. The summed E-state index contributed by atoms with van der Waals surface area (Å²) in [6.07, 6.45) is 5.50. The average Bonchev–Trinajstić information content (AvgIpc) is 2.79. The average molecular weight is 266 g/mol. The monoisotopic (exact) mass is 266 g/mol. The molecular weight excluding hydrogens is 248 g/mol. The Bertz CT molecular complexity index is 451. The van der Waals surface area contributed by atoms with Crippen molar-refractivity contribution in [2.45, 2.75) is 37.5 Å². The summed E-state index contributed by atoms with van der Waals surface area (Å²) in [5.41, 5.74) is 1.75. The summed E-state index contributed by atoms with van der Waals surface area (Å²) in [7, 11) is 0. The van der Waals surface area contributed by atoms with Crippen LogP contribution in [-0.4, -0.2) is 22.5 Å². The van der Waals surface area contributed by atoms with Crippen LogP contribution in [0.4, 0.5) is 11.4 Å². The Morgan fingerprint density at radius 3 is 2.83 bits per heavy atom. The first-order valence-corrected chi connectivity index (χ1v) is 7.43. The summed E-state index contributed by atoms with van der Waals surface area (Å²) in [5.74, 6) is 0. The number of hydrogen-bond acceptors (Lipinski definition) is 4.